The van der Waals surface area contributed by atoms with Gasteiger partial charge in [0.25, 0.3) is 5.56 Å². The van der Waals surface area contributed by atoms with Gasteiger partial charge in [0, 0.05) is 43.3 Å². The second-order valence-corrected chi connectivity index (χ2v) is 8.43. The highest BCUT2D eigenvalue weighted by Gasteiger charge is 2.57. The summed E-state index contributed by atoms with van der Waals surface area (Å²) in [4.78, 5) is 41.1. The van der Waals surface area contributed by atoms with Crippen molar-refractivity contribution in [3.8, 4) is 11.1 Å². The van der Waals surface area contributed by atoms with E-state index in [1.165, 1.54) is 12.1 Å². The SMILES string of the molecule is CCCNC(=O)[C@H]1[C@H](CO)[C@H]2Cn3c(ccc(-c4cccc(F)c4)c3=O)[C@@H]1N2C(=O)CC. The molecule has 4 rings (SSSR count). The molecule has 1 fully saturated rings. The zero-order chi connectivity index (χ0) is 23.0. The topological polar surface area (TPSA) is 91.6 Å². The van der Waals surface area contributed by atoms with Crippen LogP contribution in [0.3, 0.4) is 0 Å². The molecule has 4 atom stereocenters. The molecule has 0 unspecified atom stereocenters. The first kappa shape index (κ1) is 22.2. The van der Waals surface area contributed by atoms with Crippen molar-refractivity contribution in [2.24, 2.45) is 11.8 Å². The van der Waals surface area contributed by atoms with Crippen LogP contribution in [0.2, 0.25) is 0 Å². The van der Waals surface area contributed by atoms with Gasteiger partial charge in [-0.05, 0) is 36.2 Å². The molecule has 170 valence electrons. The summed E-state index contributed by atoms with van der Waals surface area (Å²) in [5.74, 6) is -1.90. The highest BCUT2D eigenvalue weighted by molar-refractivity contribution is 5.84. The molecule has 8 heteroatoms. The van der Waals surface area contributed by atoms with Crippen molar-refractivity contribution in [3.05, 3.63) is 58.3 Å². The lowest BCUT2D eigenvalue weighted by molar-refractivity contribution is -0.136. The van der Waals surface area contributed by atoms with Crippen molar-refractivity contribution in [1.29, 1.82) is 0 Å². The smallest absolute Gasteiger partial charge is 0.258 e. The van der Waals surface area contributed by atoms with Crippen LogP contribution in [0.4, 0.5) is 4.39 Å². The molecule has 2 aromatic rings. The highest BCUT2D eigenvalue weighted by Crippen LogP contribution is 2.48. The average Bonchev–Trinajstić information content (AvgIpc) is 3.04. The molecule has 2 amide bonds. The quantitative estimate of drug-likeness (QED) is 0.718. The van der Waals surface area contributed by atoms with E-state index < -0.39 is 29.7 Å². The van der Waals surface area contributed by atoms with Crippen LogP contribution in [0, 0.1) is 17.7 Å². The molecule has 7 nitrogen and oxygen atoms in total. The van der Waals surface area contributed by atoms with Gasteiger partial charge in [-0.1, -0.05) is 26.0 Å². The van der Waals surface area contributed by atoms with Crippen LogP contribution < -0.4 is 10.9 Å². The van der Waals surface area contributed by atoms with Gasteiger partial charge in [-0.25, -0.2) is 4.39 Å². The number of carbonyl (C=O) groups excluding carboxylic acids is 2. The minimum absolute atomic E-state index is 0.114. The van der Waals surface area contributed by atoms with E-state index in [0.717, 1.165) is 6.42 Å². The second kappa shape index (κ2) is 8.86. The summed E-state index contributed by atoms with van der Waals surface area (Å²) in [7, 11) is 0. The van der Waals surface area contributed by atoms with Crippen LogP contribution in [-0.2, 0) is 16.1 Å². The Bertz CT molecular complexity index is 1100. The number of pyridine rings is 1. The Morgan fingerprint density at radius 2 is 2.00 bits per heavy atom. The van der Waals surface area contributed by atoms with Crippen LogP contribution in [-0.4, -0.2) is 45.6 Å². The molecule has 3 heterocycles. The molecule has 1 saturated heterocycles. The average molecular weight is 442 g/mol. The Labute approximate surface area is 185 Å². The summed E-state index contributed by atoms with van der Waals surface area (Å²) in [6.45, 7) is 4.13. The Kier molecular flexibility index (Phi) is 6.15. The van der Waals surface area contributed by atoms with Crippen molar-refractivity contribution in [1.82, 2.24) is 14.8 Å². The number of aromatic nitrogens is 1. The zero-order valence-corrected chi connectivity index (χ0v) is 18.3. The third kappa shape index (κ3) is 3.52. The Morgan fingerprint density at radius 3 is 2.66 bits per heavy atom. The fourth-order valence-corrected chi connectivity index (χ4v) is 5.17. The lowest BCUT2D eigenvalue weighted by Gasteiger charge is -2.38. The standard InChI is InChI=1S/C24H28FN3O4/c1-3-10-26-23(31)21-17(13-29)19-12-27-18(22(21)28(19)20(30)4-2)9-8-16(24(27)32)14-6-5-7-15(25)11-14/h5-9,11,17,19,21-22,29H,3-4,10,12-13H2,1-2H3,(H,26,31)/t17-,19-,21+,22+/m1/s1. The number of hydrogen-bond donors (Lipinski definition) is 2. The lowest BCUT2D eigenvalue weighted by atomic mass is 9.86. The van der Waals surface area contributed by atoms with Gasteiger partial charge in [0.05, 0.1) is 18.0 Å². The fourth-order valence-electron chi connectivity index (χ4n) is 5.17. The lowest BCUT2D eigenvalue weighted by Crippen LogP contribution is -2.49. The van der Waals surface area contributed by atoms with Crippen molar-refractivity contribution in [2.75, 3.05) is 13.2 Å². The van der Waals surface area contributed by atoms with Gasteiger partial charge >= 0.3 is 0 Å². The first-order valence-electron chi connectivity index (χ1n) is 11.1. The molecule has 32 heavy (non-hydrogen) atoms. The van der Waals surface area contributed by atoms with Crippen LogP contribution >= 0.6 is 0 Å². The monoisotopic (exact) mass is 441 g/mol. The number of aliphatic hydroxyl groups excluding tert-OH is 1. The number of amides is 2. The highest BCUT2D eigenvalue weighted by atomic mass is 19.1. The summed E-state index contributed by atoms with van der Waals surface area (Å²) in [5, 5.41) is 13.1. The Hall–Kier alpha value is -3.00. The van der Waals surface area contributed by atoms with Gasteiger partial charge in [0.15, 0.2) is 0 Å². The number of halogens is 1. The summed E-state index contributed by atoms with van der Waals surface area (Å²) < 4.78 is 15.3. The van der Waals surface area contributed by atoms with Crippen molar-refractivity contribution >= 4 is 11.8 Å². The van der Waals surface area contributed by atoms with Gasteiger partial charge in [-0.2, -0.15) is 0 Å². The predicted molar refractivity (Wildman–Crippen MR) is 117 cm³/mol. The summed E-state index contributed by atoms with van der Waals surface area (Å²) in [5.41, 5.74) is 1.11. The molecule has 2 N–H and O–H groups in total. The maximum atomic E-state index is 13.8. The number of aliphatic hydroxyl groups is 1. The van der Waals surface area contributed by atoms with Crippen LogP contribution in [0.25, 0.3) is 11.1 Å². The molecule has 2 bridgehead atoms. The summed E-state index contributed by atoms with van der Waals surface area (Å²) in [6.07, 6.45) is 1.03. The molecular weight excluding hydrogens is 413 g/mol. The van der Waals surface area contributed by atoms with Crippen LogP contribution in [0.15, 0.2) is 41.2 Å². The Morgan fingerprint density at radius 1 is 1.22 bits per heavy atom. The van der Waals surface area contributed by atoms with Crippen LogP contribution in [0.1, 0.15) is 38.4 Å². The van der Waals surface area contributed by atoms with E-state index >= 15 is 0 Å². The molecule has 1 aromatic carbocycles. The number of fused-ring (bicyclic) bond motifs is 4. The van der Waals surface area contributed by atoms with E-state index in [-0.39, 0.29) is 36.9 Å². The molecule has 2 aliphatic heterocycles. The van der Waals surface area contributed by atoms with Gasteiger partial charge in [-0.15, -0.1) is 0 Å². The molecule has 0 spiro atoms. The third-order valence-electron chi connectivity index (χ3n) is 6.62. The van der Waals surface area contributed by atoms with Gasteiger partial charge in [0.1, 0.15) is 5.82 Å². The number of nitrogens with zero attached hydrogens (tertiary/aromatic N) is 2. The number of rotatable bonds is 6. The normalized spacial score (nSPS) is 23.7. The summed E-state index contributed by atoms with van der Waals surface area (Å²) >= 11 is 0. The first-order chi connectivity index (χ1) is 15.4. The number of benzene rings is 1. The van der Waals surface area contributed by atoms with Gasteiger partial charge in [-0.3, -0.25) is 14.4 Å². The fraction of sp³-hybridized carbons (Fsp3) is 0.458. The minimum atomic E-state index is -0.653. The van der Waals surface area contributed by atoms with Gasteiger partial charge < -0.3 is 19.9 Å². The van der Waals surface area contributed by atoms with Crippen molar-refractivity contribution < 1.29 is 19.1 Å². The van der Waals surface area contributed by atoms with E-state index in [1.807, 2.05) is 6.92 Å². The van der Waals surface area contributed by atoms with E-state index in [4.69, 9.17) is 0 Å². The number of nitrogens with one attached hydrogen (secondary N) is 1. The minimum Gasteiger partial charge on any atom is -0.396 e. The van der Waals surface area contributed by atoms with E-state index in [0.29, 0.717) is 23.4 Å². The maximum Gasteiger partial charge on any atom is 0.258 e. The molecular formula is C24H28FN3O4. The Balaban J connectivity index is 1.85. The van der Waals surface area contributed by atoms with Crippen molar-refractivity contribution in [3.63, 3.8) is 0 Å². The first-order valence-corrected chi connectivity index (χ1v) is 11.1. The van der Waals surface area contributed by atoms with Gasteiger partial charge in [0.2, 0.25) is 11.8 Å². The maximum absolute atomic E-state index is 13.8. The molecule has 0 radical (unpaired) electrons. The second-order valence-electron chi connectivity index (χ2n) is 8.43. The predicted octanol–water partition coefficient (Wildman–Crippen LogP) is 2.08. The molecule has 2 aliphatic rings. The van der Waals surface area contributed by atoms with E-state index in [1.54, 1.807) is 40.7 Å². The number of carbonyl (C=O) groups is 2. The largest absolute Gasteiger partial charge is 0.396 e. The molecule has 1 aromatic heterocycles. The third-order valence-corrected chi connectivity index (χ3v) is 6.62. The number of hydrogen-bond acceptors (Lipinski definition) is 4. The zero-order valence-electron chi connectivity index (χ0n) is 18.3. The van der Waals surface area contributed by atoms with E-state index in [9.17, 15) is 23.9 Å². The summed E-state index contributed by atoms with van der Waals surface area (Å²) in [6, 6.07) is 8.13. The molecule has 0 aliphatic carbocycles. The van der Waals surface area contributed by atoms with Crippen LogP contribution in [0.5, 0.6) is 0 Å². The van der Waals surface area contributed by atoms with Crippen molar-refractivity contribution in [2.45, 2.75) is 45.3 Å². The molecule has 0 saturated carbocycles. The van der Waals surface area contributed by atoms with E-state index in [2.05, 4.69) is 5.32 Å².